The maximum atomic E-state index is 11.9. The summed E-state index contributed by atoms with van der Waals surface area (Å²) in [7, 11) is 0. The van der Waals surface area contributed by atoms with Crippen molar-refractivity contribution < 1.29 is 19.1 Å². The Balaban J connectivity index is 2.22. The number of hydrogen-bond acceptors (Lipinski definition) is 3. The smallest absolute Gasteiger partial charge is 0.305 e. The molecule has 6 heteroatoms. The molecule has 0 unspecified atom stereocenters. The third-order valence-electron chi connectivity index (χ3n) is 2.73. The fraction of sp³-hybridized carbons (Fsp3) is 0.231. The molecule has 0 atom stereocenters. The van der Waals surface area contributed by atoms with Gasteiger partial charge >= 0.3 is 5.97 Å². The number of nitrogens with one attached hydrogen (secondary N) is 1. The molecule has 0 aliphatic rings. The number of benzene rings is 1. The van der Waals surface area contributed by atoms with Crippen molar-refractivity contribution in [2.24, 2.45) is 0 Å². The summed E-state index contributed by atoms with van der Waals surface area (Å²) in [5, 5.41) is 11.9. The number of aliphatic carboxylic acids is 1. The molecule has 0 aliphatic heterocycles. The summed E-state index contributed by atoms with van der Waals surface area (Å²) in [5.41, 5.74) is 1.37. The minimum absolute atomic E-state index is 0.0777. The van der Waals surface area contributed by atoms with E-state index in [1.165, 1.54) is 0 Å². The van der Waals surface area contributed by atoms with Crippen molar-refractivity contribution in [3.63, 3.8) is 0 Å². The highest BCUT2D eigenvalue weighted by atomic mass is 79.9. The van der Waals surface area contributed by atoms with Crippen molar-refractivity contribution in [3.05, 3.63) is 34.0 Å². The number of rotatable bonds is 4. The van der Waals surface area contributed by atoms with Gasteiger partial charge in [0.1, 0.15) is 5.58 Å². The van der Waals surface area contributed by atoms with E-state index in [4.69, 9.17) is 9.52 Å². The van der Waals surface area contributed by atoms with Gasteiger partial charge in [-0.1, -0.05) is 15.9 Å². The van der Waals surface area contributed by atoms with Gasteiger partial charge in [-0.15, -0.1) is 0 Å². The molecule has 0 bridgehead atoms. The van der Waals surface area contributed by atoms with Crippen LogP contribution in [0.4, 0.5) is 0 Å². The van der Waals surface area contributed by atoms with Crippen LogP contribution < -0.4 is 5.32 Å². The molecule has 0 spiro atoms. The van der Waals surface area contributed by atoms with E-state index in [1.807, 2.05) is 12.1 Å². The molecule has 5 nitrogen and oxygen atoms in total. The second kappa shape index (κ2) is 5.44. The van der Waals surface area contributed by atoms with Crippen molar-refractivity contribution >= 4 is 38.8 Å². The zero-order chi connectivity index (χ0) is 14.0. The summed E-state index contributed by atoms with van der Waals surface area (Å²) >= 11 is 3.36. The average Bonchev–Trinajstić information content (AvgIpc) is 2.66. The molecule has 0 radical (unpaired) electrons. The van der Waals surface area contributed by atoms with Crippen molar-refractivity contribution in [3.8, 4) is 0 Å². The Morgan fingerprint density at radius 3 is 2.84 bits per heavy atom. The van der Waals surface area contributed by atoms with Gasteiger partial charge in [-0.2, -0.15) is 0 Å². The monoisotopic (exact) mass is 325 g/mol. The number of carbonyl (C=O) groups excluding carboxylic acids is 1. The van der Waals surface area contributed by atoms with Gasteiger partial charge in [-0.05, 0) is 25.1 Å². The van der Waals surface area contributed by atoms with Crippen LogP contribution in [0.5, 0.6) is 0 Å². The lowest BCUT2D eigenvalue weighted by molar-refractivity contribution is -0.136. The first-order chi connectivity index (χ1) is 8.99. The largest absolute Gasteiger partial charge is 0.481 e. The molecule has 2 rings (SSSR count). The van der Waals surface area contributed by atoms with Gasteiger partial charge in [0.25, 0.3) is 5.91 Å². The minimum Gasteiger partial charge on any atom is -0.481 e. The third-order valence-corrected chi connectivity index (χ3v) is 3.22. The predicted octanol–water partition coefficient (Wildman–Crippen LogP) is 2.71. The quantitative estimate of drug-likeness (QED) is 0.905. The highest BCUT2D eigenvalue weighted by Gasteiger charge is 2.17. The van der Waals surface area contributed by atoms with Crippen LogP contribution in [-0.2, 0) is 4.79 Å². The number of carbonyl (C=O) groups is 2. The van der Waals surface area contributed by atoms with Crippen LogP contribution in [0.25, 0.3) is 11.0 Å². The molecule has 1 aromatic carbocycles. The number of hydrogen-bond donors (Lipinski definition) is 2. The van der Waals surface area contributed by atoms with Crippen molar-refractivity contribution in [1.82, 2.24) is 5.32 Å². The Bertz CT molecular complexity index is 647. The number of fused-ring (bicyclic) bond motifs is 1. The Hall–Kier alpha value is -1.82. The lowest BCUT2D eigenvalue weighted by atomic mass is 10.1. The van der Waals surface area contributed by atoms with Crippen LogP contribution in [-0.4, -0.2) is 23.5 Å². The van der Waals surface area contributed by atoms with Gasteiger partial charge in [0, 0.05) is 22.0 Å². The molecule has 1 heterocycles. The Labute approximate surface area is 117 Å². The lowest BCUT2D eigenvalue weighted by Crippen LogP contribution is -2.26. The van der Waals surface area contributed by atoms with E-state index < -0.39 is 11.9 Å². The number of furan rings is 1. The van der Waals surface area contributed by atoms with E-state index in [2.05, 4.69) is 21.2 Å². The van der Waals surface area contributed by atoms with Gasteiger partial charge < -0.3 is 14.8 Å². The van der Waals surface area contributed by atoms with Crippen molar-refractivity contribution in [2.45, 2.75) is 13.3 Å². The molecule has 2 aromatic rings. The Morgan fingerprint density at radius 2 is 2.16 bits per heavy atom. The van der Waals surface area contributed by atoms with Crippen LogP contribution >= 0.6 is 15.9 Å². The zero-order valence-corrected chi connectivity index (χ0v) is 11.8. The number of carboxylic acid groups (broad SMARTS) is 1. The molecule has 19 heavy (non-hydrogen) atoms. The fourth-order valence-electron chi connectivity index (χ4n) is 1.77. The molecular weight excluding hydrogens is 314 g/mol. The van der Waals surface area contributed by atoms with E-state index in [-0.39, 0.29) is 18.7 Å². The topological polar surface area (TPSA) is 79.5 Å². The van der Waals surface area contributed by atoms with Gasteiger partial charge in [0.05, 0.1) is 6.42 Å². The number of carboxylic acids is 1. The number of halogens is 1. The maximum absolute atomic E-state index is 11.9. The van der Waals surface area contributed by atoms with E-state index in [0.717, 1.165) is 15.4 Å². The summed E-state index contributed by atoms with van der Waals surface area (Å²) in [6.45, 7) is 1.87. The minimum atomic E-state index is -0.953. The molecule has 1 amide bonds. The predicted molar refractivity (Wildman–Crippen MR) is 73.2 cm³/mol. The molecular formula is C13H12BrNO4. The van der Waals surface area contributed by atoms with Crippen LogP contribution in [0.2, 0.25) is 0 Å². The van der Waals surface area contributed by atoms with Gasteiger partial charge in [-0.3, -0.25) is 9.59 Å². The second-order valence-electron chi connectivity index (χ2n) is 4.10. The van der Waals surface area contributed by atoms with E-state index in [0.29, 0.717) is 5.58 Å². The molecule has 0 saturated carbocycles. The van der Waals surface area contributed by atoms with Crippen LogP contribution in [0.15, 0.2) is 27.1 Å². The molecule has 1 aromatic heterocycles. The van der Waals surface area contributed by atoms with Crippen molar-refractivity contribution in [1.29, 1.82) is 0 Å². The fourth-order valence-corrected chi connectivity index (χ4v) is 2.13. The van der Waals surface area contributed by atoms with E-state index >= 15 is 0 Å². The highest BCUT2D eigenvalue weighted by Crippen LogP contribution is 2.27. The molecule has 2 N–H and O–H groups in total. The average molecular weight is 326 g/mol. The summed E-state index contributed by atoms with van der Waals surface area (Å²) in [6, 6.07) is 5.49. The number of aryl methyl sites for hydroxylation is 1. The summed E-state index contributed by atoms with van der Waals surface area (Å²) in [5.74, 6) is -1.13. The molecule has 100 valence electrons. The summed E-state index contributed by atoms with van der Waals surface area (Å²) in [6.07, 6.45) is -0.115. The highest BCUT2D eigenvalue weighted by molar-refractivity contribution is 9.10. The third kappa shape index (κ3) is 2.96. The summed E-state index contributed by atoms with van der Waals surface area (Å²) < 4.78 is 6.40. The first-order valence-electron chi connectivity index (χ1n) is 5.67. The number of amides is 1. The molecule has 0 aliphatic carbocycles. The van der Waals surface area contributed by atoms with Crippen LogP contribution in [0.3, 0.4) is 0 Å². The van der Waals surface area contributed by atoms with Gasteiger partial charge in [0.2, 0.25) is 0 Å². The molecule has 0 fully saturated rings. The summed E-state index contributed by atoms with van der Waals surface area (Å²) in [4.78, 5) is 22.3. The van der Waals surface area contributed by atoms with Gasteiger partial charge in [0.15, 0.2) is 5.76 Å². The lowest BCUT2D eigenvalue weighted by Gasteiger charge is -2.01. The SMILES string of the molecule is Cc1c(C(=O)NCCC(=O)O)oc2ccc(Br)cc12. The van der Waals surface area contributed by atoms with Crippen LogP contribution in [0, 0.1) is 6.92 Å². The Morgan fingerprint density at radius 1 is 1.42 bits per heavy atom. The van der Waals surface area contributed by atoms with E-state index in [9.17, 15) is 9.59 Å². The zero-order valence-electron chi connectivity index (χ0n) is 10.2. The Kier molecular flexibility index (Phi) is 3.90. The normalized spacial score (nSPS) is 10.6. The second-order valence-corrected chi connectivity index (χ2v) is 5.01. The molecule has 0 saturated heterocycles. The standard InChI is InChI=1S/C13H12BrNO4/c1-7-9-6-8(14)2-3-10(9)19-12(7)13(18)15-5-4-11(16)17/h2-3,6H,4-5H2,1H3,(H,15,18)(H,16,17). The van der Waals surface area contributed by atoms with Crippen LogP contribution in [0.1, 0.15) is 22.5 Å². The maximum Gasteiger partial charge on any atom is 0.305 e. The first kappa shape index (κ1) is 13.6. The van der Waals surface area contributed by atoms with Crippen molar-refractivity contribution in [2.75, 3.05) is 6.54 Å². The first-order valence-corrected chi connectivity index (χ1v) is 6.47. The van der Waals surface area contributed by atoms with E-state index in [1.54, 1.807) is 13.0 Å². The van der Waals surface area contributed by atoms with Gasteiger partial charge in [-0.25, -0.2) is 0 Å².